The van der Waals surface area contributed by atoms with E-state index in [2.05, 4.69) is 12.6 Å². The first-order valence-electron chi connectivity index (χ1n) is 1.36. The molecule has 0 radical (unpaired) electrons. The van der Waals surface area contributed by atoms with Crippen LogP contribution in [-0.2, 0) is 0 Å². The van der Waals surface area contributed by atoms with Gasteiger partial charge in [-0.05, 0) is 11.5 Å². The number of rotatable bonds is 1. The second-order valence-corrected chi connectivity index (χ2v) is 2.14. The predicted octanol–water partition coefficient (Wildman–Crippen LogP) is 2.23. The van der Waals surface area contributed by atoms with Crippen LogP contribution in [0, 0.1) is 0 Å². The minimum Gasteiger partial charge on any atom is -0.152 e. The van der Waals surface area contributed by atoms with Crippen LogP contribution < -0.4 is 0 Å². The molecular weight excluding hydrogens is 139 g/mol. The van der Waals surface area contributed by atoms with Crippen molar-refractivity contribution in [3.05, 3.63) is 11.5 Å². The Balaban J connectivity index is 3.03. The summed E-state index contributed by atoms with van der Waals surface area (Å²) < 4.78 is 0. The van der Waals surface area contributed by atoms with Crippen molar-refractivity contribution in [2.75, 3.05) is 0 Å². The standard InChI is InChI=1S/C3H4Cl2S/c4-3(5)1-2-6/h1-3,6H. The van der Waals surface area contributed by atoms with E-state index in [0.717, 1.165) is 0 Å². The van der Waals surface area contributed by atoms with E-state index in [1.165, 1.54) is 5.41 Å². The van der Waals surface area contributed by atoms with Crippen LogP contribution in [-0.4, -0.2) is 4.84 Å². The van der Waals surface area contributed by atoms with Gasteiger partial charge in [-0.25, -0.2) is 0 Å². The molecule has 3 heteroatoms. The smallest absolute Gasteiger partial charge is 0.126 e. The number of thiol groups is 1. The molecule has 0 unspecified atom stereocenters. The van der Waals surface area contributed by atoms with Crippen molar-refractivity contribution in [2.24, 2.45) is 0 Å². The van der Waals surface area contributed by atoms with Gasteiger partial charge in [0.2, 0.25) is 0 Å². The molecule has 0 aliphatic rings. The lowest BCUT2D eigenvalue weighted by Gasteiger charge is -1.80. The zero-order chi connectivity index (χ0) is 4.99. The summed E-state index contributed by atoms with van der Waals surface area (Å²) in [7, 11) is 0. The molecule has 0 rings (SSSR count). The maximum absolute atomic E-state index is 5.21. The van der Waals surface area contributed by atoms with E-state index in [1.54, 1.807) is 6.08 Å². The second kappa shape index (κ2) is 3.85. The molecule has 0 amide bonds. The van der Waals surface area contributed by atoms with Crippen molar-refractivity contribution in [1.29, 1.82) is 0 Å². The monoisotopic (exact) mass is 142 g/mol. The lowest BCUT2D eigenvalue weighted by Crippen LogP contribution is -1.70. The van der Waals surface area contributed by atoms with Gasteiger partial charge in [0.15, 0.2) is 0 Å². The van der Waals surface area contributed by atoms with Gasteiger partial charge < -0.3 is 0 Å². The van der Waals surface area contributed by atoms with Crippen LogP contribution in [0.5, 0.6) is 0 Å². The first-order chi connectivity index (χ1) is 2.77. The minimum absolute atomic E-state index is 0.414. The van der Waals surface area contributed by atoms with E-state index >= 15 is 0 Å². The number of alkyl halides is 2. The fourth-order valence-electron chi connectivity index (χ4n) is 0.0651. The van der Waals surface area contributed by atoms with Gasteiger partial charge in [-0.2, -0.15) is 12.6 Å². The zero-order valence-electron chi connectivity index (χ0n) is 2.94. The SMILES string of the molecule is SC=CC(Cl)Cl. The van der Waals surface area contributed by atoms with E-state index in [1.807, 2.05) is 0 Å². The summed E-state index contributed by atoms with van der Waals surface area (Å²) in [5.74, 6) is 0. The maximum Gasteiger partial charge on any atom is 0.126 e. The molecule has 6 heavy (non-hydrogen) atoms. The highest BCUT2D eigenvalue weighted by Gasteiger charge is 1.83. The topological polar surface area (TPSA) is 0 Å². The third-order valence-corrected chi connectivity index (χ3v) is 0.695. The number of hydrogen-bond acceptors (Lipinski definition) is 1. The Morgan fingerprint density at radius 3 is 2.00 bits per heavy atom. The Hall–Kier alpha value is 0.670. The van der Waals surface area contributed by atoms with Crippen molar-refractivity contribution in [2.45, 2.75) is 4.84 Å². The van der Waals surface area contributed by atoms with Crippen LogP contribution in [0.3, 0.4) is 0 Å². The van der Waals surface area contributed by atoms with E-state index in [9.17, 15) is 0 Å². The molecule has 0 aliphatic heterocycles. The van der Waals surface area contributed by atoms with E-state index < -0.39 is 4.84 Å². The van der Waals surface area contributed by atoms with Gasteiger partial charge in [-0.15, -0.1) is 23.2 Å². The molecule has 0 aromatic carbocycles. The average Bonchev–Trinajstić information content (AvgIpc) is 1.35. The fourth-order valence-corrected chi connectivity index (χ4v) is 0.586. The third kappa shape index (κ3) is 4.67. The first kappa shape index (κ1) is 6.67. The predicted molar refractivity (Wildman–Crippen MR) is 33.6 cm³/mol. The molecule has 0 saturated heterocycles. The van der Waals surface area contributed by atoms with Gasteiger partial charge in [0, 0.05) is 0 Å². The Kier molecular flexibility index (Phi) is 4.28. The van der Waals surface area contributed by atoms with Crippen LogP contribution >= 0.6 is 35.8 Å². The molecule has 0 N–H and O–H groups in total. The Labute approximate surface area is 52.5 Å². The Bertz CT molecular complexity index is 50.8. The fraction of sp³-hybridized carbons (Fsp3) is 0.333. The maximum atomic E-state index is 5.21. The van der Waals surface area contributed by atoms with Crippen LogP contribution in [0.4, 0.5) is 0 Å². The molecule has 0 atom stereocenters. The molecule has 0 spiro atoms. The normalized spacial score (nSPS) is 11.3. The van der Waals surface area contributed by atoms with Gasteiger partial charge in [-0.1, -0.05) is 0 Å². The summed E-state index contributed by atoms with van der Waals surface area (Å²) in [6, 6.07) is 0. The lowest BCUT2D eigenvalue weighted by molar-refractivity contribution is 1.63. The zero-order valence-corrected chi connectivity index (χ0v) is 5.34. The largest absolute Gasteiger partial charge is 0.152 e. The summed E-state index contributed by atoms with van der Waals surface area (Å²) >= 11 is 14.1. The summed E-state index contributed by atoms with van der Waals surface area (Å²) in [4.78, 5) is -0.414. The Morgan fingerprint density at radius 2 is 2.00 bits per heavy atom. The lowest BCUT2D eigenvalue weighted by atomic mass is 10.8. The van der Waals surface area contributed by atoms with Crippen molar-refractivity contribution in [3.63, 3.8) is 0 Å². The average molecular weight is 143 g/mol. The second-order valence-electron chi connectivity index (χ2n) is 0.676. The van der Waals surface area contributed by atoms with Crippen LogP contribution in [0.15, 0.2) is 11.5 Å². The van der Waals surface area contributed by atoms with Crippen molar-refractivity contribution in [1.82, 2.24) is 0 Å². The highest BCUT2D eigenvalue weighted by atomic mass is 35.5. The third-order valence-electron chi connectivity index (χ3n) is 0.232. The molecule has 0 aromatic heterocycles. The van der Waals surface area contributed by atoms with Gasteiger partial charge >= 0.3 is 0 Å². The number of allylic oxidation sites excluding steroid dienone is 1. The van der Waals surface area contributed by atoms with Crippen LogP contribution in [0.1, 0.15) is 0 Å². The quantitative estimate of drug-likeness (QED) is 0.422. The molecule has 0 saturated carbocycles. The summed E-state index contributed by atoms with van der Waals surface area (Å²) in [5, 5.41) is 1.50. The van der Waals surface area contributed by atoms with Crippen LogP contribution in [0.25, 0.3) is 0 Å². The van der Waals surface area contributed by atoms with E-state index in [4.69, 9.17) is 23.2 Å². The first-order valence-corrected chi connectivity index (χ1v) is 2.75. The van der Waals surface area contributed by atoms with Gasteiger partial charge in [0.05, 0.1) is 0 Å². The van der Waals surface area contributed by atoms with Gasteiger partial charge in [-0.3, -0.25) is 0 Å². The highest BCUT2D eigenvalue weighted by Crippen LogP contribution is 2.02. The van der Waals surface area contributed by atoms with Gasteiger partial charge in [0.25, 0.3) is 0 Å². The minimum atomic E-state index is -0.414. The van der Waals surface area contributed by atoms with Crippen molar-refractivity contribution in [3.8, 4) is 0 Å². The van der Waals surface area contributed by atoms with Crippen molar-refractivity contribution < 1.29 is 0 Å². The number of halogens is 2. The molecule has 0 bridgehead atoms. The molecule has 0 aliphatic carbocycles. The molecule has 0 heterocycles. The summed E-state index contributed by atoms with van der Waals surface area (Å²) in [5.41, 5.74) is 0. The summed E-state index contributed by atoms with van der Waals surface area (Å²) in [6.45, 7) is 0. The van der Waals surface area contributed by atoms with E-state index in [0.29, 0.717) is 0 Å². The molecule has 0 fully saturated rings. The van der Waals surface area contributed by atoms with Gasteiger partial charge in [0.1, 0.15) is 4.84 Å². The molecule has 36 valence electrons. The number of hydrogen-bond donors (Lipinski definition) is 1. The highest BCUT2D eigenvalue weighted by molar-refractivity contribution is 7.83. The summed E-state index contributed by atoms with van der Waals surface area (Å²) in [6.07, 6.45) is 1.56. The Morgan fingerprint density at radius 1 is 1.50 bits per heavy atom. The van der Waals surface area contributed by atoms with E-state index in [-0.39, 0.29) is 0 Å². The van der Waals surface area contributed by atoms with Crippen LogP contribution in [0.2, 0.25) is 0 Å². The molecule has 0 nitrogen and oxygen atoms in total. The molecular formula is C3H4Cl2S. The van der Waals surface area contributed by atoms with Crippen molar-refractivity contribution >= 4 is 35.8 Å². The molecule has 0 aromatic rings.